The van der Waals surface area contributed by atoms with E-state index in [9.17, 15) is 14.4 Å². The molecule has 380 valence electrons. The number of hydrogen-bond acceptors (Lipinski definition) is 12. The second-order valence-electron chi connectivity index (χ2n) is 19.8. The van der Waals surface area contributed by atoms with Crippen LogP contribution in [0.15, 0.2) is 59.8 Å². The maximum absolute atomic E-state index is 16.3. The first-order valence-corrected chi connectivity index (χ1v) is 25.1. The molecule has 3 aliphatic rings. The number of nitrogens with one attached hydrogen (secondary N) is 2. The van der Waals surface area contributed by atoms with Crippen molar-refractivity contribution in [1.29, 1.82) is 0 Å². The van der Waals surface area contributed by atoms with Gasteiger partial charge in [-0.1, -0.05) is 0 Å². The van der Waals surface area contributed by atoms with Crippen LogP contribution in [0.4, 0.5) is 20.6 Å². The van der Waals surface area contributed by atoms with E-state index < -0.39 is 17.5 Å². The standard InChI is InChI=1S/C53H73FN8O8/c1-38-8-9-45(31-57-38)60-17-6-7-42(35-60)33-59(32-40-12-15-55-39(2)27-40)36-43-37-62(44-10-11-44)48-29-49(47(54)28-46(48)51(43)64)61-18-13-41(34-61)30-58-50(63)14-19-66-21-23-68-25-26-69-24-22-67-20-16-56-52(65)70-53(3,4)5/h8-9,12,15,27-29,31,33,37,41-42,44H,6-7,10-11,13-14,16-26,30,32,34-36H2,1-5H3,(H-,56,58,63,65)/p+1/t41-,42?/m1/s1. The number of benzene rings is 1. The molecular formula is C53H74FN8O8+. The van der Waals surface area contributed by atoms with Gasteiger partial charge in [0.25, 0.3) is 0 Å². The maximum Gasteiger partial charge on any atom is 0.407 e. The van der Waals surface area contributed by atoms with Gasteiger partial charge >= 0.3 is 6.09 Å². The zero-order valence-electron chi connectivity index (χ0n) is 41.9. The molecule has 0 spiro atoms. The number of alkyl carbamates (subject to hydrolysis) is 1. The van der Waals surface area contributed by atoms with Crippen molar-refractivity contribution in [2.45, 2.75) is 97.9 Å². The van der Waals surface area contributed by atoms with Gasteiger partial charge in [-0.3, -0.25) is 19.6 Å². The van der Waals surface area contributed by atoms with E-state index in [-0.39, 0.29) is 42.2 Å². The molecule has 17 heteroatoms. The van der Waals surface area contributed by atoms with Crippen LogP contribution in [0.3, 0.4) is 0 Å². The molecule has 70 heavy (non-hydrogen) atoms. The Labute approximate surface area is 411 Å². The number of anilines is 2. The number of aryl methyl sites for hydroxylation is 2. The fourth-order valence-electron chi connectivity index (χ4n) is 9.08. The molecule has 0 radical (unpaired) electrons. The number of rotatable bonds is 25. The third-order valence-corrected chi connectivity index (χ3v) is 12.7. The minimum atomic E-state index is -0.538. The largest absolute Gasteiger partial charge is 0.444 e. The number of carbonyl (C=O) groups excluding carboxylic acids is 2. The number of aromatic nitrogens is 3. The van der Waals surface area contributed by atoms with Crippen molar-refractivity contribution in [3.8, 4) is 0 Å². The first-order valence-electron chi connectivity index (χ1n) is 25.1. The van der Waals surface area contributed by atoms with Gasteiger partial charge in [0.2, 0.25) is 5.91 Å². The lowest BCUT2D eigenvalue weighted by atomic mass is 9.98. The van der Waals surface area contributed by atoms with E-state index in [1.165, 1.54) is 6.07 Å². The van der Waals surface area contributed by atoms with Crippen molar-refractivity contribution < 1.29 is 42.2 Å². The zero-order chi connectivity index (χ0) is 49.5. The highest BCUT2D eigenvalue weighted by Gasteiger charge is 2.30. The van der Waals surface area contributed by atoms with Crippen LogP contribution in [0.2, 0.25) is 0 Å². The summed E-state index contributed by atoms with van der Waals surface area (Å²) in [7, 11) is 0. The summed E-state index contributed by atoms with van der Waals surface area (Å²) in [6, 6.07) is 11.9. The quantitative estimate of drug-likeness (QED) is 0.0422. The van der Waals surface area contributed by atoms with Gasteiger partial charge in [0.05, 0.1) is 87.4 Å². The number of halogens is 1. The van der Waals surface area contributed by atoms with Crippen molar-refractivity contribution in [2.24, 2.45) is 11.8 Å². The first kappa shape index (κ1) is 52.3. The molecule has 2 saturated heterocycles. The molecule has 1 aliphatic carbocycles. The Morgan fingerprint density at radius 1 is 0.829 bits per heavy atom. The molecule has 16 nitrogen and oxygen atoms in total. The van der Waals surface area contributed by atoms with E-state index in [4.69, 9.17) is 23.7 Å². The van der Waals surface area contributed by atoms with Gasteiger partial charge in [0.1, 0.15) is 17.6 Å². The summed E-state index contributed by atoms with van der Waals surface area (Å²) in [5.74, 6) is -0.0607. The predicted octanol–water partition coefficient (Wildman–Crippen LogP) is 6.51. The number of amides is 2. The maximum atomic E-state index is 16.3. The van der Waals surface area contributed by atoms with Gasteiger partial charge in [-0.05, 0) is 109 Å². The average Bonchev–Trinajstić information content (AvgIpc) is 4.06. The minimum Gasteiger partial charge on any atom is -0.444 e. The van der Waals surface area contributed by atoms with Gasteiger partial charge < -0.3 is 48.7 Å². The van der Waals surface area contributed by atoms with Gasteiger partial charge in [0.15, 0.2) is 18.5 Å². The van der Waals surface area contributed by atoms with Crippen molar-refractivity contribution in [3.05, 3.63) is 93.5 Å². The SMILES string of the molecule is Cc1ccc(N2CCCC(C=[N+](Cc3ccnc(C)c3)Cc3cn(C4CC4)c4cc(N5CC[C@H](CNC(=O)CCOCCOCCOCCOCCNC(=O)OC(C)(C)C)C5)c(F)cc4c3=O)C2)cn1. The Hall–Kier alpha value is -5.49. The fraction of sp³-hybridized carbons (Fsp3) is 0.585. The van der Waals surface area contributed by atoms with Gasteiger partial charge in [-0.25, -0.2) is 13.8 Å². The Kier molecular flexibility index (Phi) is 19.1. The van der Waals surface area contributed by atoms with E-state index in [0.29, 0.717) is 102 Å². The van der Waals surface area contributed by atoms with E-state index in [1.807, 2.05) is 70.2 Å². The Bertz CT molecular complexity index is 2440. The van der Waals surface area contributed by atoms with Crippen molar-refractivity contribution in [3.63, 3.8) is 0 Å². The fourth-order valence-corrected chi connectivity index (χ4v) is 9.08. The minimum absolute atomic E-state index is 0.0932. The van der Waals surface area contributed by atoms with Crippen LogP contribution in [-0.2, 0) is 41.6 Å². The number of ether oxygens (including phenoxy) is 5. The van der Waals surface area contributed by atoms with Crippen molar-refractivity contribution in [2.75, 3.05) is 102 Å². The van der Waals surface area contributed by atoms with Crippen LogP contribution in [0.25, 0.3) is 10.9 Å². The number of pyridine rings is 3. The van der Waals surface area contributed by atoms with Gasteiger partial charge in [-0.2, -0.15) is 0 Å². The van der Waals surface area contributed by atoms with Gasteiger partial charge in [-0.15, -0.1) is 0 Å². The second kappa shape index (κ2) is 25.6. The zero-order valence-corrected chi connectivity index (χ0v) is 41.9. The molecule has 0 bridgehead atoms. The third-order valence-electron chi connectivity index (χ3n) is 12.7. The number of piperidine rings is 1. The summed E-state index contributed by atoms with van der Waals surface area (Å²) in [5, 5.41) is 6.08. The number of hydrogen-bond donors (Lipinski definition) is 2. The van der Waals surface area contributed by atoms with E-state index in [0.717, 1.165) is 73.3 Å². The Morgan fingerprint density at radius 3 is 2.27 bits per heavy atom. The summed E-state index contributed by atoms with van der Waals surface area (Å²) in [6.45, 7) is 17.4. The van der Waals surface area contributed by atoms with Gasteiger partial charge in [0, 0.05) is 86.5 Å². The molecule has 1 aromatic carbocycles. The molecule has 2 atom stereocenters. The van der Waals surface area contributed by atoms with E-state index in [1.54, 1.807) is 0 Å². The molecule has 3 fully saturated rings. The topological polar surface area (TPSA) is 162 Å². The van der Waals surface area contributed by atoms with Crippen molar-refractivity contribution in [1.82, 2.24) is 25.2 Å². The normalized spacial score (nSPS) is 17.6. The molecule has 1 saturated carbocycles. The summed E-state index contributed by atoms with van der Waals surface area (Å²) in [5.41, 5.74) is 5.43. The summed E-state index contributed by atoms with van der Waals surface area (Å²) < 4.78 is 48.0. The molecule has 4 aromatic rings. The Balaban J connectivity index is 0.858. The first-order chi connectivity index (χ1) is 33.8. The molecule has 7 rings (SSSR count). The predicted molar refractivity (Wildman–Crippen MR) is 269 cm³/mol. The summed E-state index contributed by atoms with van der Waals surface area (Å²) >= 11 is 0. The molecule has 2 N–H and O–H groups in total. The molecule has 2 amide bonds. The number of carbonyl (C=O) groups is 2. The number of fused-ring (bicyclic) bond motifs is 1. The lowest BCUT2D eigenvalue weighted by molar-refractivity contribution is -0.557. The Morgan fingerprint density at radius 2 is 1.57 bits per heavy atom. The van der Waals surface area contributed by atoms with Crippen LogP contribution < -0.4 is 25.9 Å². The van der Waals surface area contributed by atoms with Crippen LogP contribution >= 0.6 is 0 Å². The smallest absolute Gasteiger partial charge is 0.407 e. The van der Waals surface area contributed by atoms with Crippen molar-refractivity contribution >= 4 is 40.5 Å². The summed E-state index contributed by atoms with van der Waals surface area (Å²) in [6.07, 6.45) is 12.8. The second-order valence-corrected chi connectivity index (χ2v) is 19.8. The highest BCUT2D eigenvalue weighted by atomic mass is 19.1. The highest BCUT2D eigenvalue weighted by Crippen LogP contribution is 2.39. The van der Waals surface area contributed by atoms with Crippen LogP contribution in [0.5, 0.6) is 0 Å². The van der Waals surface area contributed by atoms with E-state index in [2.05, 4.69) is 59.1 Å². The summed E-state index contributed by atoms with van der Waals surface area (Å²) in [4.78, 5) is 52.1. The lowest BCUT2D eigenvalue weighted by Gasteiger charge is -2.32. The number of nitrogens with zero attached hydrogens (tertiary/aromatic N) is 6. The average molecular weight is 970 g/mol. The van der Waals surface area contributed by atoms with Crippen LogP contribution in [0, 0.1) is 31.5 Å². The molecule has 1 unspecified atom stereocenters. The highest BCUT2D eigenvalue weighted by molar-refractivity contribution is 5.84. The molecule has 3 aromatic heterocycles. The molecule has 5 heterocycles. The van der Waals surface area contributed by atoms with Crippen LogP contribution in [0.1, 0.15) is 87.9 Å². The van der Waals surface area contributed by atoms with E-state index >= 15 is 4.39 Å². The molecular weight excluding hydrogens is 896 g/mol. The van der Waals surface area contributed by atoms with Crippen LogP contribution in [-0.4, -0.2) is 135 Å². The molecule has 2 aliphatic heterocycles. The lowest BCUT2D eigenvalue weighted by Crippen LogP contribution is -2.37. The monoisotopic (exact) mass is 970 g/mol. The third kappa shape index (κ3) is 16.3.